The van der Waals surface area contributed by atoms with Crippen LogP contribution in [-0.4, -0.2) is 5.78 Å². The van der Waals surface area contributed by atoms with Crippen LogP contribution in [0.25, 0.3) is 0 Å². The molecule has 2 nitrogen and oxygen atoms in total. The van der Waals surface area contributed by atoms with Crippen LogP contribution in [0.4, 0.5) is 0 Å². The first-order valence-electron chi connectivity index (χ1n) is 3.55. The van der Waals surface area contributed by atoms with Gasteiger partial charge >= 0.3 is 0 Å². The fourth-order valence-corrected chi connectivity index (χ4v) is 0.642. The molecule has 0 aliphatic heterocycles. The minimum Gasteiger partial charge on any atom is -0.317 e. The van der Waals surface area contributed by atoms with Crippen LogP contribution in [0.1, 0.15) is 34.1 Å². The lowest BCUT2D eigenvalue weighted by molar-refractivity contribution is -0.124. The van der Waals surface area contributed by atoms with Gasteiger partial charge in [0.1, 0.15) is 6.04 Å². The van der Waals surface area contributed by atoms with E-state index in [0.717, 1.165) is 0 Å². The van der Waals surface area contributed by atoms with E-state index in [9.17, 15) is 4.79 Å². The van der Waals surface area contributed by atoms with E-state index in [1.54, 1.807) is 0 Å². The molecule has 2 N–H and O–H groups in total. The number of carbonyl (C=O) groups is 1. The number of carbonyl (C=O) groups excluding carboxylic acids is 1. The number of nitrogens with two attached hydrogens (primary N) is 1. The van der Waals surface area contributed by atoms with Crippen molar-refractivity contribution in [2.45, 2.75) is 34.1 Å². The first kappa shape index (κ1) is 9.63. The summed E-state index contributed by atoms with van der Waals surface area (Å²) in [6.07, 6.45) is 0.649. The van der Waals surface area contributed by atoms with Gasteiger partial charge in [0.05, 0.1) is 0 Å². The van der Waals surface area contributed by atoms with Gasteiger partial charge in [-0.1, -0.05) is 27.7 Å². The summed E-state index contributed by atoms with van der Waals surface area (Å²) in [5, 5.41) is 0. The lowest BCUT2D eigenvalue weighted by atomic mass is 9.86. The molecule has 0 atom stereocenters. The van der Waals surface area contributed by atoms with Gasteiger partial charge in [-0.15, -0.1) is 0 Å². The zero-order valence-corrected chi connectivity index (χ0v) is 7.19. The zero-order chi connectivity index (χ0) is 8.36. The second kappa shape index (κ2) is 3.15. The van der Waals surface area contributed by atoms with Gasteiger partial charge in [-0.2, -0.15) is 0 Å². The average Bonchev–Trinajstić information content (AvgIpc) is 1.83. The SMILES string of the molecule is CC[C](N)C(=O)C(C)(C)C. The average molecular weight is 142 g/mol. The van der Waals surface area contributed by atoms with Crippen molar-refractivity contribution in [3.05, 3.63) is 6.04 Å². The van der Waals surface area contributed by atoms with Crippen molar-refractivity contribution in [2.24, 2.45) is 11.1 Å². The quantitative estimate of drug-likeness (QED) is 0.635. The van der Waals surface area contributed by atoms with Crippen molar-refractivity contribution in [1.82, 2.24) is 0 Å². The predicted octanol–water partition coefficient (Wildman–Crippen LogP) is 1.50. The van der Waals surface area contributed by atoms with E-state index in [1.807, 2.05) is 27.7 Å². The second-order valence-electron chi connectivity index (χ2n) is 3.46. The molecule has 59 valence electrons. The Hall–Kier alpha value is -0.370. The number of hydrogen-bond acceptors (Lipinski definition) is 2. The number of hydrogen-bond donors (Lipinski definition) is 1. The third-order valence-electron chi connectivity index (χ3n) is 1.35. The van der Waals surface area contributed by atoms with Crippen LogP contribution in [-0.2, 0) is 4.79 Å². The van der Waals surface area contributed by atoms with Crippen molar-refractivity contribution in [1.29, 1.82) is 0 Å². The first-order valence-corrected chi connectivity index (χ1v) is 3.55. The summed E-state index contributed by atoms with van der Waals surface area (Å²) in [6, 6.07) is 0.479. The molecule has 0 bridgehead atoms. The molecule has 0 saturated heterocycles. The molecule has 0 aromatic rings. The summed E-state index contributed by atoms with van der Waals surface area (Å²) >= 11 is 0. The van der Waals surface area contributed by atoms with Crippen molar-refractivity contribution >= 4 is 5.78 Å². The van der Waals surface area contributed by atoms with E-state index in [0.29, 0.717) is 12.5 Å². The summed E-state index contributed by atoms with van der Waals surface area (Å²) in [5.41, 5.74) is 5.15. The van der Waals surface area contributed by atoms with Gasteiger partial charge in [0.25, 0.3) is 0 Å². The van der Waals surface area contributed by atoms with Gasteiger partial charge < -0.3 is 5.73 Å². The normalized spacial score (nSPS) is 12.2. The Morgan fingerprint density at radius 1 is 1.40 bits per heavy atom. The maximum absolute atomic E-state index is 11.2. The van der Waals surface area contributed by atoms with Gasteiger partial charge in [0.2, 0.25) is 0 Å². The minimum absolute atomic E-state index is 0.0648. The molecule has 0 aromatic heterocycles. The number of Topliss-reactive ketones (excluding diaryl/α,β-unsaturated/α-hetero) is 1. The van der Waals surface area contributed by atoms with E-state index in [1.165, 1.54) is 0 Å². The third kappa shape index (κ3) is 2.48. The first-order chi connectivity index (χ1) is 4.39. The summed E-state index contributed by atoms with van der Waals surface area (Å²) in [6.45, 7) is 7.51. The van der Waals surface area contributed by atoms with Crippen molar-refractivity contribution in [3.8, 4) is 0 Å². The molecule has 1 radical (unpaired) electrons. The summed E-state index contributed by atoms with van der Waals surface area (Å²) < 4.78 is 0. The van der Waals surface area contributed by atoms with Crippen molar-refractivity contribution in [3.63, 3.8) is 0 Å². The molecular formula is C8H16NO. The third-order valence-corrected chi connectivity index (χ3v) is 1.35. The molecule has 0 aliphatic carbocycles. The van der Waals surface area contributed by atoms with Crippen LogP contribution in [0.2, 0.25) is 0 Å². The molecular weight excluding hydrogens is 126 g/mol. The van der Waals surface area contributed by atoms with Gasteiger partial charge in [0, 0.05) is 5.41 Å². The van der Waals surface area contributed by atoms with E-state index in [4.69, 9.17) is 5.73 Å². The molecule has 0 aromatic carbocycles. The van der Waals surface area contributed by atoms with Gasteiger partial charge in [-0.3, -0.25) is 4.79 Å². The highest BCUT2D eigenvalue weighted by Crippen LogP contribution is 2.19. The van der Waals surface area contributed by atoms with Gasteiger partial charge in [-0.05, 0) is 6.42 Å². The van der Waals surface area contributed by atoms with Crippen LogP contribution >= 0.6 is 0 Å². The number of ketones is 1. The highest BCUT2D eigenvalue weighted by Gasteiger charge is 2.26. The highest BCUT2D eigenvalue weighted by molar-refractivity contribution is 5.95. The topological polar surface area (TPSA) is 43.1 Å². The Labute approximate surface area is 62.8 Å². The largest absolute Gasteiger partial charge is 0.317 e. The number of rotatable bonds is 2. The Morgan fingerprint density at radius 3 is 1.90 bits per heavy atom. The van der Waals surface area contributed by atoms with E-state index < -0.39 is 0 Å². The second-order valence-corrected chi connectivity index (χ2v) is 3.46. The maximum Gasteiger partial charge on any atom is 0.160 e. The van der Waals surface area contributed by atoms with E-state index in [2.05, 4.69) is 0 Å². The zero-order valence-electron chi connectivity index (χ0n) is 7.19. The molecule has 2 heteroatoms. The predicted molar refractivity (Wildman–Crippen MR) is 42.2 cm³/mol. The summed E-state index contributed by atoms with van der Waals surface area (Å²) in [7, 11) is 0. The monoisotopic (exact) mass is 142 g/mol. The van der Waals surface area contributed by atoms with E-state index >= 15 is 0 Å². The minimum atomic E-state index is -0.319. The van der Waals surface area contributed by atoms with Gasteiger partial charge in [0.15, 0.2) is 5.78 Å². The standard InChI is InChI=1S/C8H16NO/c1-5-6(9)7(10)8(2,3)4/h5,9H2,1-4H3. The molecule has 10 heavy (non-hydrogen) atoms. The fourth-order valence-electron chi connectivity index (χ4n) is 0.642. The molecule has 0 heterocycles. The Bertz CT molecular complexity index is 124. The molecule has 0 rings (SSSR count). The fraction of sp³-hybridized carbons (Fsp3) is 0.750. The van der Waals surface area contributed by atoms with Gasteiger partial charge in [-0.25, -0.2) is 0 Å². The van der Waals surface area contributed by atoms with Crippen LogP contribution in [0.3, 0.4) is 0 Å². The lowest BCUT2D eigenvalue weighted by Crippen LogP contribution is -2.31. The van der Waals surface area contributed by atoms with Crippen LogP contribution in [0.15, 0.2) is 0 Å². The Kier molecular flexibility index (Phi) is 3.03. The van der Waals surface area contributed by atoms with Crippen LogP contribution in [0.5, 0.6) is 0 Å². The molecule has 0 unspecified atom stereocenters. The molecule has 0 fully saturated rings. The highest BCUT2D eigenvalue weighted by atomic mass is 16.1. The van der Waals surface area contributed by atoms with Crippen molar-refractivity contribution in [2.75, 3.05) is 0 Å². The summed E-state index contributed by atoms with van der Waals surface area (Å²) in [5.74, 6) is 0.0648. The molecule has 0 amide bonds. The smallest absolute Gasteiger partial charge is 0.160 e. The molecule has 0 saturated carbocycles. The Balaban J connectivity index is 4.09. The van der Waals surface area contributed by atoms with Crippen LogP contribution in [0, 0.1) is 11.5 Å². The van der Waals surface area contributed by atoms with Crippen LogP contribution < -0.4 is 5.73 Å². The summed E-state index contributed by atoms with van der Waals surface area (Å²) in [4.78, 5) is 11.2. The Morgan fingerprint density at radius 2 is 1.80 bits per heavy atom. The maximum atomic E-state index is 11.2. The molecule has 0 spiro atoms. The molecule has 0 aliphatic rings. The van der Waals surface area contributed by atoms with E-state index in [-0.39, 0.29) is 11.2 Å². The van der Waals surface area contributed by atoms with Crippen molar-refractivity contribution < 1.29 is 4.79 Å². The lowest BCUT2D eigenvalue weighted by Gasteiger charge is -2.19.